The predicted molar refractivity (Wildman–Crippen MR) is 88.5 cm³/mol. The van der Waals surface area contributed by atoms with Gasteiger partial charge in [0.25, 0.3) is 11.8 Å². The molecule has 23 heavy (non-hydrogen) atoms. The summed E-state index contributed by atoms with van der Waals surface area (Å²) >= 11 is 0. The largest absolute Gasteiger partial charge is 0.343 e. The first-order valence-electron chi connectivity index (χ1n) is 8.78. The zero-order valence-electron chi connectivity index (χ0n) is 14.3. The molecule has 2 rings (SSSR count). The first-order valence-corrected chi connectivity index (χ1v) is 8.78. The number of nitrogens with zero attached hydrogens (tertiary/aromatic N) is 2. The van der Waals surface area contributed by atoms with E-state index in [1.165, 1.54) is 31.4 Å². The number of carbonyl (C=O) groups is 3. The van der Waals surface area contributed by atoms with Crippen LogP contribution in [-0.4, -0.2) is 47.2 Å². The Morgan fingerprint density at radius 3 is 2.35 bits per heavy atom. The fourth-order valence-electron chi connectivity index (χ4n) is 3.30. The second kappa shape index (κ2) is 8.27. The van der Waals surface area contributed by atoms with Crippen LogP contribution in [0.5, 0.6) is 0 Å². The molecule has 2 aliphatic rings. The molecule has 0 aliphatic carbocycles. The van der Waals surface area contributed by atoms with Gasteiger partial charge in [-0.2, -0.15) is 0 Å². The summed E-state index contributed by atoms with van der Waals surface area (Å²) in [7, 11) is 0. The van der Waals surface area contributed by atoms with Gasteiger partial charge in [0.1, 0.15) is 0 Å². The zero-order chi connectivity index (χ0) is 16.8. The molecule has 1 saturated heterocycles. The number of hydrogen-bond donors (Lipinski definition) is 0. The number of likely N-dealkylation sites (tertiary alicyclic amines) is 1. The summed E-state index contributed by atoms with van der Waals surface area (Å²) < 4.78 is 0. The minimum Gasteiger partial charge on any atom is -0.343 e. The normalized spacial score (nSPS) is 19.3. The second-order valence-electron chi connectivity index (χ2n) is 7.06. The highest BCUT2D eigenvalue weighted by Gasteiger charge is 2.26. The number of piperidine rings is 1. The SMILES string of the molecule is CC(C)CCCC1CCN(C(=O)CCN2C(=O)C=CC2=O)CC1. The number of hydrogen-bond acceptors (Lipinski definition) is 3. The van der Waals surface area contributed by atoms with E-state index < -0.39 is 0 Å². The summed E-state index contributed by atoms with van der Waals surface area (Å²) in [6.45, 7) is 6.33. The van der Waals surface area contributed by atoms with Crippen molar-refractivity contribution in [2.24, 2.45) is 11.8 Å². The van der Waals surface area contributed by atoms with E-state index in [9.17, 15) is 14.4 Å². The lowest BCUT2D eigenvalue weighted by Crippen LogP contribution is -2.41. The molecule has 2 heterocycles. The number of carbonyl (C=O) groups excluding carboxylic acids is 3. The third kappa shape index (κ3) is 5.19. The van der Waals surface area contributed by atoms with E-state index in [0.29, 0.717) is 0 Å². The highest BCUT2D eigenvalue weighted by atomic mass is 16.2. The van der Waals surface area contributed by atoms with E-state index in [4.69, 9.17) is 0 Å². The van der Waals surface area contributed by atoms with Crippen molar-refractivity contribution in [3.8, 4) is 0 Å². The first-order chi connectivity index (χ1) is 11.0. The van der Waals surface area contributed by atoms with Crippen molar-refractivity contribution < 1.29 is 14.4 Å². The Hall–Kier alpha value is -1.65. The molecular formula is C18H28N2O3. The maximum Gasteiger partial charge on any atom is 0.253 e. The summed E-state index contributed by atoms with van der Waals surface area (Å²) in [5.41, 5.74) is 0. The van der Waals surface area contributed by atoms with E-state index >= 15 is 0 Å². The highest BCUT2D eigenvalue weighted by Crippen LogP contribution is 2.24. The lowest BCUT2D eigenvalue weighted by Gasteiger charge is -2.32. The predicted octanol–water partition coefficient (Wildman–Crippen LogP) is 2.37. The Morgan fingerprint density at radius 1 is 1.17 bits per heavy atom. The molecule has 5 nitrogen and oxygen atoms in total. The lowest BCUT2D eigenvalue weighted by atomic mass is 9.90. The summed E-state index contributed by atoms with van der Waals surface area (Å²) in [6, 6.07) is 0. The lowest BCUT2D eigenvalue weighted by molar-refractivity contribution is -0.138. The van der Waals surface area contributed by atoms with Crippen molar-refractivity contribution in [1.29, 1.82) is 0 Å². The molecule has 0 atom stereocenters. The van der Waals surface area contributed by atoms with Crippen molar-refractivity contribution in [2.45, 2.75) is 52.4 Å². The van der Waals surface area contributed by atoms with Gasteiger partial charge in [0.2, 0.25) is 5.91 Å². The van der Waals surface area contributed by atoms with Gasteiger partial charge in [-0.05, 0) is 24.7 Å². The van der Waals surface area contributed by atoms with Crippen molar-refractivity contribution in [1.82, 2.24) is 9.80 Å². The quantitative estimate of drug-likeness (QED) is 0.677. The molecule has 0 aromatic heterocycles. The van der Waals surface area contributed by atoms with Crippen LogP contribution in [0, 0.1) is 11.8 Å². The Labute approximate surface area is 138 Å². The molecule has 0 unspecified atom stereocenters. The van der Waals surface area contributed by atoms with Gasteiger partial charge >= 0.3 is 0 Å². The van der Waals surface area contributed by atoms with Crippen LogP contribution in [0.2, 0.25) is 0 Å². The minimum absolute atomic E-state index is 0.0538. The molecule has 128 valence electrons. The van der Waals surface area contributed by atoms with Crippen LogP contribution >= 0.6 is 0 Å². The molecule has 5 heteroatoms. The summed E-state index contributed by atoms with van der Waals surface area (Å²) in [6.07, 6.45) is 8.73. The van der Waals surface area contributed by atoms with Crippen LogP contribution in [-0.2, 0) is 14.4 Å². The molecule has 0 N–H and O–H groups in total. The number of amides is 3. The van der Waals surface area contributed by atoms with Crippen molar-refractivity contribution in [3.05, 3.63) is 12.2 Å². The zero-order valence-corrected chi connectivity index (χ0v) is 14.3. The van der Waals surface area contributed by atoms with Crippen molar-refractivity contribution in [2.75, 3.05) is 19.6 Å². The second-order valence-corrected chi connectivity index (χ2v) is 7.06. The fraction of sp³-hybridized carbons (Fsp3) is 0.722. The Kier molecular flexibility index (Phi) is 6.37. The molecule has 0 aromatic carbocycles. The van der Waals surface area contributed by atoms with E-state index in [-0.39, 0.29) is 30.7 Å². The Balaban J connectivity index is 1.65. The van der Waals surface area contributed by atoms with Crippen LogP contribution < -0.4 is 0 Å². The standard InChI is InChI=1S/C18H28N2O3/c1-14(2)4-3-5-15-8-11-19(12-9-15)16(21)10-13-20-17(22)6-7-18(20)23/h6-7,14-15H,3-5,8-13H2,1-2H3. The molecule has 0 saturated carbocycles. The molecule has 2 aliphatic heterocycles. The van der Waals surface area contributed by atoms with Crippen LogP contribution in [0.15, 0.2) is 12.2 Å². The number of imide groups is 1. The van der Waals surface area contributed by atoms with Crippen molar-refractivity contribution in [3.63, 3.8) is 0 Å². The van der Waals surface area contributed by atoms with E-state index in [1.807, 2.05) is 4.90 Å². The summed E-state index contributed by atoms with van der Waals surface area (Å²) in [5, 5.41) is 0. The minimum atomic E-state index is -0.313. The van der Waals surface area contributed by atoms with E-state index in [1.54, 1.807) is 0 Å². The van der Waals surface area contributed by atoms with E-state index in [0.717, 1.165) is 42.7 Å². The molecule has 0 bridgehead atoms. The molecule has 0 radical (unpaired) electrons. The van der Waals surface area contributed by atoms with Gasteiger partial charge in [-0.3, -0.25) is 19.3 Å². The fourth-order valence-corrected chi connectivity index (χ4v) is 3.30. The van der Waals surface area contributed by atoms with Gasteiger partial charge in [-0.1, -0.05) is 33.1 Å². The topological polar surface area (TPSA) is 57.7 Å². The number of rotatable bonds is 7. The Morgan fingerprint density at radius 2 is 1.78 bits per heavy atom. The third-order valence-corrected chi connectivity index (χ3v) is 4.81. The maximum atomic E-state index is 12.2. The van der Waals surface area contributed by atoms with Crippen LogP contribution in [0.1, 0.15) is 52.4 Å². The van der Waals surface area contributed by atoms with Gasteiger partial charge in [-0.25, -0.2) is 0 Å². The molecule has 1 fully saturated rings. The Bertz CT molecular complexity index is 459. The molecule has 3 amide bonds. The summed E-state index contributed by atoms with van der Waals surface area (Å²) in [5.74, 6) is 0.933. The van der Waals surface area contributed by atoms with Gasteiger partial charge < -0.3 is 4.90 Å². The summed E-state index contributed by atoms with van der Waals surface area (Å²) in [4.78, 5) is 38.2. The van der Waals surface area contributed by atoms with E-state index in [2.05, 4.69) is 13.8 Å². The van der Waals surface area contributed by atoms with Gasteiger partial charge in [0, 0.05) is 38.2 Å². The third-order valence-electron chi connectivity index (χ3n) is 4.81. The molecule has 0 aromatic rings. The maximum absolute atomic E-state index is 12.2. The van der Waals surface area contributed by atoms with Gasteiger partial charge in [0.05, 0.1) is 0 Å². The monoisotopic (exact) mass is 320 g/mol. The van der Waals surface area contributed by atoms with Crippen LogP contribution in [0.25, 0.3) is 0 Å². The van der Waals surface area contributed by atoms with Gasteiger partial charge in [0.15, 0.2) is 0 Å². The molecule has 0 spiro atoms. The molecular weight excluding hydrogens is 292 g/mol. The first kappa shape index (κ1) is 17.7. The van der Waals surface area contributed by atoms with Crippen LogP contribution in [0.4, 0.5) is 0 Å². The van der Waals surface area contributed by atoms with Crippen molar-refractivity contribution >= 4 is 17.7 Å². The van der Waals surface area contributed by atoms with Gasteiger partial charge in [-0.15, -0.1) is 0 Å². The smallest absolute Gasteiger partial charge is 0.253 e. The highest BCUT2D eigenvalue weighted by molar-refractivity contribution is 6.13. The average Bonchev–Trinajstić information content (AvgIpc) is 2.84. The van der Waals surface area contributed by atoms with Crippen LogP contribution in [0.3, 0.4) is 0 Å². The average molecular weight is 320 g/mol.